The van der Waals surface area contributed by atoms with Crippen molar-refractivity contribution in [2.45, 2.75) is 116 Å². The lowest BCUT2D eigenvalue weighted by molar-refractivity contribution is 0.0937. The predicted molar refractivity (Wildman–Crippen MR) is 401 cm³/mol. The molecule has 0 fully saturated rings. The lowest BCUT2D eigenvalue weighted by atomic mass is 9.64. The molecule has 0 bridgehead atoms. The number of hydrogen-bond donors (Lipinski definition) is 4. The van der Waals surface area contributed by atoms with Crippen LogP contribution in [0.15, 0.2) is 214 Å². The minimum absolute atomic E-state index is 0.0199. The van der Waals surface area contributed by atoms with E-state index in [2.05, 4.69) is 166 Å². The predicted octanol–water partition coefficient (Wildman–Crippen LogP) is 16.2. The second kappa shape index (κ2) is 39.0. The van der Waals surface area contributed by atoms with Gasteiger partial charge in [-0.25, -0.2) is 0 Å². The van der Waals surface area contributed by atoms with E-state index in [0.717, 1.165) is 67.2 Å². The molecule has 0 aliphatic carbocycles. The van der Waals surface area contributed by atoms with Gasteiger partial charge in [-0.15, -0.1) is 13.2 Å². The van der Waals surface area contributed by atoms with E-state index in [1.165, 1.54) is 41.7 Å². The van der Waals surface area contributed by atoms with Crippen LogP contribution in [0.25, 0.3) is 0 Å². The second-order valence-corrected chi connectivity index (χ2v) is 26.9. The van der Waals surface area contributed by atoms with Crippen molar-refractivity contribution in [3.63, 3.8) is 0 Å². The van der Waals surface area contributed by atoms with Crippen molar-refractivity contribution in [2.24, 2.45) is 0 Å². The molecule has 0 radical (unpaired) electrons. The van der Waals surface area contributed by atoms with Crippen molar-refractivity contribution in [3.05, 3.63) is 275 Å². The Balaban J connectivity index is 0.776. The summed E-state index contributed by atoms with van der Waals surface area (Å²) in [6.07, 6.45) is 13.7. The van der Waals surface area contributed by atoms with Gasteiger partial charge in [0.2, 0.25) is 0 Å². The number of Topliss-reactive ketones (excluding diaryl/α,β-unsaturated/α-hetero) is 1. The van der Waals surface area contributed by atoms with Crippen LogP contribution in [0.3, 0.4) is 0 Å². The number of rotatable bonds is 41. The Labute approximate surface area is 596 Å². The van der Waals surface area contributed by atoms with Crippen LogP contribution in [0, 0.1) is 0 Å². The quantitative estimate of drug-likeness (QED) is 0.0122. The highest BCUT2D eigenvalue weighted by molar-refractivity contribution is 6.06. The van der Waals surface area contributed by atoms with Crippen molar-refractivity contribution in [1.82, 2.24) is 20.9 Å². The molecule has 4 amide bonds. The molecule has 530 valence electrons. The second-order valence-electron chi connectivity index (χ2n) is 26.9. The van der Waals surface area contributed by atoms with Gasteiger partial charge < -0.3 is 49.7 Å². The number of pyridine rings is 1. The van der Waals surface area contributed by atoms with E-state index >= 15 is 0 Å². The molecular weight excluding hydrogens is 1270 g/mol. The van der Waals surface area contributed by atoms with Crippen LogP contribution in [-0.4, -0.2) is 107 Å². The third kappa shape index (κ3) is 23.5. The number of carbonyl (C=O) groups is 5. The van der Waals surface area contributed by atoms with Gasteiger partial charge in [0.25, 0.3) is 23.6 Å². The van der Waals surface area contributed by atoms with Gasteiger partial charge >= 0.3 is 0 Å². The molecule has 0 aliphatic rings. The number of anilines is 1. The molecule has 1 heterocycles. The molecule has 0 aliphatic heterocycles. The Kier molecular flexibility index (Phi) is 29.6. The maximum atomic E-state index is 13.8. The van der Waals surface area contributed by atoms with E-state index in [1.807, 2.05) is 18.2 Å². The number of benzene rings is 7. The highest BCUT2D eigenvalue weighted by atomic mass is 16.5. The van der Waals surface area contributed by atoms with Gasteiger partial charge in [-0.3, -0.25) is 29.0 Å². The zero-order valence-corrected chi connectivity index (χ0v) is 59.5. The zero-order chi connectivity index (χ0) is 71.9. The van der Waals surface area contributed by atoms with Crippen LogP contribution in [0.5, 0.6) is 23.0 Å². The van der Waals surface area contributed by atoms with Gasteiger partial charge in [0, 0.05) is 47.7 Å². The van der Waals surface area contributed by atoms with Crippen LogP contribution in [0.1, 0.15) is 185 Å². The molecule has 16 heteroatoms. The average Bonchev–Trinajstić information content (AvgIpc) is 0.731. The van der Waals surface area contributed by atoms with Crippen LogP contribution in [0.4, 0.5) is 5.69 Å². The number of unbranched alkanes of at least 4 members (excludes halogenated alkanes) is 7. The van der Waals surface area contributed by atoms with Gasteiger partial charge in [0.1, 0.15) is 49.4 Å². The van der Waals surface area contributed by atoms with Crippen molar-refractivity contribution >= 4 is 35.1 Å². The summed E-state index contributed by atoms with van der Waals surface area (Å²) in [5, 5.41) is 11.8. The van der Waals surface area contributed by atoms with Crippen LogP contribution >= 0.6 is 0 Å². The first kappa shape index (κ1) is 76.6. The Morgan fingerprint density at radius 1 is 0.376 bits per heavy atom. The minimum Gasteiger partial charge on any atom is -0.492 e. The molecular formula is C85H99N5O11. The summed E-state index contributed by atoms with van der Waals surface area (Å²) >= 11 is 0. The van der Waals surface area contributed by atoms with E-state index in [-0.39, 0.29) is 83.4 Å². The lowest BCUT2D eigenvalue weighted by Gasteiger charge is -2.37. The number of nitrogens with one attached hydrogen (secondary N) is 4. The van der Waals surface area contributed by atoms with Gasteiger partial charge in [-0.2, -0.15) is 0 Å². The number of aromatic nitrogens is 1. The Morgan fingerprint density at radius 2 is 0.733 bits per heavy atom. The van der Waals surface area contributed by atoms with Crippen molar-refractivity contribution in [3.8, 4) is 23.0 Å². The number of ketones is 1. The van der Waals surface area contributed by atoms with Crippen molar-refractivity contribution in [2.75, 3.05) is 77.8 Å². The number of amides is 4. The molecule has 0 saturated heterocycles. The largest absolute Gasteiger partial charge is 0.492 e. The van der Waals surface area contributed by atoms with Gasteiger partial charge in [0.15, 0.2) is 5.78 Å². The van der Waals surface area contributed by atoms with Crippen LogP contribution in [0.2, 0.25) is 0 Å². The topological polar surface area (TPSA) is 202 Å². The first-order chi connectivity index (χ1) is 48.8. The normalized spacial score (nSPS) is 11.4. The van der Waals surface area contributed by atoms with Crippen molar-refractivity contribution in [1.29, 1.82) is 0 Å². The fraction of sp³-hybridized carbons (Fsp3) is 0.341. The van der Waals surface area contributed by atoms with E-state index in [0.29, 0.717) is 86.9 Å². The molecule has 4 N–H and O–H groups in total. The summed E-state index contributed by atoms with van der Waals surface area (Å²) in [7, 11) is 0. The minimum atomic E-state index is -0.685. The van der Waals surface area contributed by atoms with E-state index in [1.54, 1.807) is 66.7 Å². The Bertz CT molecular complexity index is 3780. The smallest absolute Gasteiger partial charge is 0.257 e. The maximum absolute atomic E-state index is 13.8. The molecule has 1 aromatic heterocycles. The van der Waals surface area contributed by atoms with Crippen LogP contribution < -0.4 is 40.2 Å². The number of ether oxygens (including phenoxy) is 6. The Morgan fingerprint density at radius 3 is 1.18 bits per heavy atom. The zero-order valence-electron chi connectivity index (χ0n) is 59.5. The summed E-state index contributed by atoms with van der Waals surface area (Å²) in [4.78, 5) is 72.4. The molecule has 0 saturated carbocycles. The van der Waals surface area contributed by atoms with Crippen molar-refractivity contribution < 1.29 is 52.4 Å². The van der Waals surface area contributed by atoms with E-state index < -0.39 is 17.2 Å². The summed E-state index contributed by atoms with van der Waals surface area (Å²) in [6.45, 7) is 24.4. The first-order valence-corrected chi connectivity index (χ1v) is 35.1. The molecule has 0 atom stereocenters. The first-order valence-electron chi connectivity index (χ1n) is 35.1. The van der Waals surface area contributed by atoms with Gasteiger partial charge in [-0.1, -0.05) is 183 Å². The standard InChI is InChI=1S/C85H99N5O11/c1-9-48-96-52-54-100-76-41-37-74(38-42-76)98-50-46-88-79(92)63-56-62(57-64(58-63)80(93)89-47-51-99-75-39-43-77(44-40-75)101-55-53-97-49-10-2)78(91)24-20-15-13-11-12-14-16-21-45-87-81(94)65-59-66(61-86-60-65)82(95)90-73-35-33-72(34-36-73)85(69-22-18-17-19-23-69,70-29-25-67(26-30-70)83(3,4)5)71-31-27-68(28-32-71)84(6,7)8/h9-10,17-19,22-23,25-44,56-61H,1-2,11-16,20-21,24,45-55H2,3-8H3,(H,87,94)(H,88,92)(H,89,93)(H,90,95). The van der Waals surface area contributed by atoms with E-state index in [4.69, 9.17) is 28.4 Å². The summed E-state index contributed by atoms with van der Waals surface area (Å²) in [6, 6.07) is 57.0. The summed E-state index contributed by atoms with van der Waals surface area (Å²) < 4.78 is 33.8. The number of carbonyl (C=O) groups excluding carboxylic acids is 5. The van der Waals surface area contributed by atoms with E-state index in [9.17, 15) is 24.0 Å². The van der Waals surface area contributed by atoms with Crippen LogP contribution in [-0.2, 0) is 25.7 Å². The third-order valence-electron chi connectivity index (χ3n) is 17.2. The molecule has 101 heavy (non-hydrogen) atoms. The highest BCUT2D eigenvalue weighted by Gasteiger charge is 2.39. The third-order valence-corrected chi connectivity index (χ3v) is 17.2. The summed E-state index contributed by atoms with van der Waals surface area (Å²) in [5.41, 5.74) is 7.99. The maximum Gasteiger partial charge on any atom is 0.257 e. The Hall–Kier alpha value is -10.2. The average molecular weight is 1370 g/mol. The molecule has 8 rings (SSSR count). The van der Waals surface area contributed by atoms with Gasteiger partial charge in [-0.05, 0) is 142 Å². The highest BCUT2D eigenvalue weighted by Crippen LogP contribution is 2.46. The molecule has 16 nitrogen and oxygen atoms in total. The molecule has 0 spiro atoms. The number of nitrogens with zero attached hydrogens (tertiary/aromatic N) is 1. The fourth-order valence-electron chi connectivity index (χ4n) is 11.7. The van der Waals surface area contributed by atoms with Gasteiger partial charge in [0.05, 0.1) is 56.1 Å². The molecule has 0 unspecified atom stereocenters. The number of hydrogen-bond acceptors (Lipinski definition) is 12. The monoisotopic (exact) mass is 1370 g/mol. The molecule has 7 aromatic carbocycles. The lowest BCUT2D eigenvalue weighted by Crippen LogP contribution is -2.31. The summed E-state index contributed by atoms with van der Waals surface area (Å²) in [5.74, 6) is 0.775. The SMILES string of the molecule is C=CCOCCOc1ccc(OCCNC(=O)c2cc(C(=O)CCCCCCCCCCNC(=O)c3cncc(C(=O)Nc4ccc(C(c5ccccc5)(c5ccc(C(C)(C)C)cc5)c5ccc(C(C)(C)C)cc5)cc4)c3)cc(C(=O)NCCOc3ccc(OCCOCC=C)cc3)c2)cc1. The fourth-order valence-corrected chi connectivity index (χ4v) is 11.7. The molecule has 8 aromatic rings.